The minimum Gasteiger partial charge on any atom is -0.480 e. The summed E-state index contributed by atoms with van der Waals surface area (Å²) in [4.78, 5) is 20.1. The molecule has 0 spiro atoms. The van der Waals surface area contributed by atoms with Crippen LogP contribution >= 0.6 is 0 Å². The van der Waals surface area contributed by atoms with Crippen LogP contribution in [0.1, 0.15) is 20.8 Å². The van der Waals surface area contributed by atoms with Crippen LogP contribution in [0.5, 0.6) is 17.6 Å². The SMILES string of the molecule is COc1ncc(-c2ccc(OC(=O)C(C)(C)C)cc2)c(OC)n1. The highest BCUT2D eigenvalue weighted by atomic mass is 16.5. The zero-order valence-corrected chi connectivity index (χ0v) is 13.9. The lowest BCUT2D eigenvalue weighted by Crippen LogP contribution is -2.25. The number of hydrogen-bond acceptors (Lipinski definition) is 6. The lowest BCUT2D eigenvalue weighted by Gasteiger charge is -2.16. The van der Waals surface area contributed by atoms with Gasteiger partial charge < -0.3 is 14.2 Å². The lowest BCUT2D eigenvalue weighted by molar-refractivity contribution is -0.142. The molecule has 2 aromatic rings. The molecule has 1 heterocycles. The molecule has 1 aromatic heterocycles. The van der Waals surface area contributed by atoms with Crippen LogP contribution in [0, 0.1) is 5.41 Å². The largest absolute Gasteiger partial charge is 0.480 e. The van der Waals surface area contributed by atoms with Crippen molar-refractivity contribution in [3.8, 4) is 28.8 Å². The van der Waals surface area contributed by atoms with E-state index < -0.39 is 5.41 Å². The second kappa shape index (κ2) is 6.64. The summed E-state index contributed by atoms with van der Waals surface area (Å²) in [5.41, 5.74) is 1.02. The van der Waals surface area contributed by atoms with Crippen LogP contribution in [-0.2, 0) is 4.79 Å². The molecule has 0 amide bonds. The molecule has 6 nitrogen and oxygen atoms in total. The third-order valence-corrected chi connectivity index (χ3v) is 3.10. The number of hydrogen-bond donors (Lipinski definition) is 0. The number of carbonyl (C=O) groups is 1. The maximum absolute atomic E-state index is 11.9. The molecule has 6 heteroatoms. The summed E-state index contributed by atoms with van der Waals surface area (Å²) in [6.07, 6.45) is 1.63. The molecule has 0 saturated carbocycles. The molecule has 0 fully saturated rings. The van der Waals surface area contributed by atoms with E-state index in [1.54, 1.807) is 18.3 Å². The number of aromatic nitrogens is 2. The van der Waals surface area contributed by atoms with Crippen LogP contribution in [0.4, 0.5) is 0 Å². The van der Waals surface area contributed by atoms with Gasteiger partial charge in [-0.2, -0.15) is 4.98 Å². The number of carbonyl (C=O) groups excluding carboxylic acids is 1. The number of rotatable bonds is 4. The molecule has 0 aliphatic rings. The molecule has 0 radical (unpaired) electrons. The van der Waals surface area contributed by atoms with Crippen molar-refractivity contribution in [3.63, 3.8) is 0 Å². The van der Waals surface area contributed by atoms with Gasteiger partial charge in [0.2, 0.25) is 5.88 Å². The first-order valence-corrected chi connectivity index (χ1v) is 7.13. The van der Waals surface area contributed by atoms with Gasteiger partial charge >= 0.3 is 12.0 Å². The van der Waals surface area contributed by atoms with E-state index in [-0.39, 0.29) is 12.0 Å². The zero-order chi connectivity index (χ0) is 17.0. The standard InChI is InChI=1S/C17H20N2O4/c1-17(2,3)15(20)23-12-8-6-11(7-9-12)13-10-18-16(22-5)19-14(13)21-4/h6-10H,1-5H3. The highest BCUT2D eigenvalue weighted by Gasteiger charge is 2.23. The number of benzene rings is 1. The van der Waals surface area contributed by atoms with Crippen molar-refractivity contribution in [1.82, 2.24) is 9.97 Å². The summed E-state index contributed by atoms with van der Waals surface area (Å²) >= 11 is 0. The van der Waals surface area contributed by atoms with E-state index >= 15 is 0 Å². The van der Waals surface area contributed by atoms with Gasteiger partial charge in [-0.1, -0.05) is 12.1 Å². The zero-order valence-electron chi connectivity index (χ0n) is 13.9. The summed E-state index contributed by atoms with van der Waals surface area (Å²) in [6.45, 7) is 5.43. The average molecular weight is 316 g/mol. The van der Waals surface area contributed by atoms with Crippen molar-refractivity contribution in [2.75, 3.05) is 14.2 Å². The van der Waals surface area contributed by atoms with Gasteiger partial charge in [-0.3, -0.25) is 4.79 Å². The van der Waals surface area contributed by atoms with Crippen LogP contribution in [0.15, 0.2) is 30.5 Å². The molecule has 0 unspecified atom stereocenters. The monoisotopic (exact) mass is 316 g/mol. The predicted molar refractivity (Wildman–Crippen MR) is 85.7 cm³/mol. The smallest absolute Gasteiger partial charge is 0.319 e. The van der Waals surface area contributed by atoms with Gasteiger partial charge in [0.05, 0.1) is 25.2 Å². The first kappa shape index (κ1) is 16.7. The fourth-order valence-corrected chi connectivity index (χ4v) is 1.77. The van der Waals surface area contributed by atoms with Crippen LogP contribution in [0.3, 0.4) is 0 Å². The Balaban J connectivity index is 2.25. The molecular formula is C17H20N2O4. The van der Waals surface area contributed by atoms with E-state index in [0.29, 0.717) is 11.6 Å². The molecule has 0 aliphatic carbocycles. The van der Waals surface area contributed by atoms with E-state index in [4.69, 9.17) is 14.2 Å². The fraction of sp³-hybridized carbons (Fsp3) is 0.353. The summed E-state index contributed by atoms with van der Waals surface area (Å²) in [7, 11) is 3.03. The molecule has 1 aromatic carbocycles. The first-order valence-electron chi connectivity index (χ1n) is 7.13. The van der Waals surface area contributed by atoms with Crippen LogP contribution in [0.2, 0.25) is 0 Å². The molecule has 122 valence electrons. The van der Waals surface area contributed by atoms with Crippen molar-refractivity contribution in [2.24, 2.45) is 5.41 Å². The normalized spacial score (nSPS) is 11.0. The Kier molecular flexibility index (Phi) is 4.83. The Morgan fingerprint density at radius 1 is 1.04 bits per heavy atom. The number of nitrogens with zero attached hydrogens (tertiary/aromatic N) is 2. The van der Waals surface area contributed by atoms with Gasteiger partial charge in [0, 0.05) is 6.20 Å². The highest BCUT2D eigenvalue weighted by Crippen LogP contribution is 2.30. The van der Waals surface area contributed by atoms with Crippen LogP contribution < -0.4 is 14.2 Å². The molecular weight excluding hydrogens is 296 g/mol. The number of ether oxygens (including phenoxy) is 3. The van der Waals surface area contributed by atoms with E-state index in [0.717, 1.165) is 11.1 Å². The Hall–Kier alpha value is -2.63. The van der Waals surface area contributed by atoms with Gasteiger partial charge in [0.25, 0.3) is 0 Å². The summed E-state index contributed by atoms with van der Waals surface area (Å²) < 4.78 is 15.6. The average Bonchev–Trinajstić information content (AvgIpc) is 2.54. The Labute approximate surface area is 135 Å². The molecule has 0 aliphatic heterocycles. The van der Waals surface area contributed by atoms with E-state index in [1.165, 1.54) is 14.2 Å². The molecule has 23 heavy (non-hydrogen) atoms. The Bertz CT molecular complexity index is 691. The second-order valence-electron chi connectivity index (χ2n) is 5.94. The molecule has 2 rings (SSSR count). The first-order chi connectivity index (χ1) is 10.8. The molecule has 0 bridgehead atoms. The molecule has 0 saturated heterocycles. The van der Waals surface area contributed by atoms with E-state index in [9.17, 15) is 4.79 Å². The maximum atomic E-state index is 11.9. The third kappa shape index (κ3) is 3.97. The minimum absolute atomic E-state index is 0.237. The summed E-state index contributed by atoms with van der Waals surface area (Å²) in [5.74, 6) is 0.619. The van der Waals surface area contributed by atoms with Gasteiger partial charge in [0.15, 0.2) is 0 Å². The molecule has 0 atom stereocenters. The summed E-state index contributed by atoms with van der Waals surface area (Å²) in [6, 6.07) is 7.32. The summed E-state index contributed by atoms with van der Waals surface area (Å²) in [5, 5.41) is 0. The van der Waals surface area contributed by atoms with E-state index in [1.807, 2.05) is 32.9 Å². The predicted octanol–water partition coefficient (Wildman–Crippen LogP) is 3.11. The Morgan fingerprint density at radius 3 is 2.22 bits per heavy atom. The maximum Gasteiger partial charge on any atom is 0.319 e. The van der Waals surface area contributed by atoms with Crippen LogP contribution in [0.25, 0.3) is 11.1 Å². The number of esters is 1. The van der Waals surface area contributed by atoms with Crippen molar-refractivity contribution in [2.45, 2.75) is 20.8 Å². The van der Waals surface area contributed by atoms with Crippen LogP contribution in [-0.4, -0.2) is 30.2 Å². The third-order valence-electron chi connectivity index (χ3n) is 3.10. The fourth-order valence-electron chi connectivity index (χ4n) is 1.77. The van der Waals surface area contributed by atoms with Gasteiger partial charge in [-0.05, 0) is 38.5 Å². The lowest BCUT2D eigenvalue weighted by atomic mass is 9.97. The van der Waals surface area contributed by atoms with Crippen molar-refractivity contribution in [3.05, 3.63) is 30.5 Å². The van der Waals surface area contributed by atoms with Crippen molar-refractivity contribution < 1.29 is 19.0 Å². The number of methoxy groups -OCH3 is 2. The van der Waals surface area contributed by atoms with E-state index in [2.05, 4.69) is 9.97 Å². The minimum atomic E-state index is -0.550. The topological polar surface area (TPSA) is 70.5 Å². The van der Waals surface area contributed by atoms with Gasteiger partial charge in [0.1, 0.15) is 5.75 Å². The van der Waals surface area contributed by atoms with Crippen molar-refractivity contribution in [1.29, 1.82) is 0 Å². The molecule has 0 N–H and O–H groups in total. The van der Waals surface area contributed by atoms with Crippen molar-refractivity contribution >= 4 is 5.97 Å². The highest BCUT2D eigenvalue weighted by molar-refractivity contribution is 5.78. The Morgan fingerprint density at radius 2 is 1.70 bits per heavy atom. The van der Waals surface area contributed by atoms with Gasteiger partial charge in [-0.25, -0.2) is 4.98 Å². The second-order valence-corrected chi connectivity index (χ2v) is 5.94. The quantitative estimate of drug-likeness (QED) is 0.637. The van der Waals surface area contributed by atoms with Gasteiger partial charge in [-0.15, -0.1) is 0 Å².